The Labute approximate surface area is 159 Å². The van der Waals surface area contributed by atoms with Gasteiger partial charge in [0, 0.05) is 49.0 Å². The molecule has 0 fully saturated rings. The van der Waals surface area contributed by atoms with E-state index in [1.807, 2.05) is 18.2 Å². The van der Waals surface area contributed by atoms with Gasteiger partial charge in [0.15, 0.2) is 0 Å². The first-order valence-electron chi connectivity index (χ1n) is 9.25. The molecule has 4 heteroatoms. The van der Waals surface area contributed by atoms with Crippen molar-refractivity contribution in [2.75, 3.05) is 13.2 Å². The first kappa shape index (κ1) is 17.3. The Hall–Kier alpha value is -3.11. The number of rotatable bonds is 8. The molecule has 2 heterocycles. The summed E-state index contributed by atoms with van der Waals surface area (Å²) in [5, 5.41) is 4.77. The zero-order valence-electron chi connectivity index (χ0n) is 15.2. The standard InChI is InChI=1S/C23H23N3O/c1-2-8-19(9-3-1)17-26-18-20(21-10-4-5-11-22(21)26)16-24-14-15-27-23-12-6-7-13-25-23/h1-13,18,24H,14-17H2. The Balaban J connectivity index is 1.39. The normalized spacial score (nSPS) is 11.0. The lowest BCUT2D eigenvalue weighted by molar-refractivity contribution is 0.302. The number of pyridine rings is 1. The zero-order valence-corrected chi connectivity index (χ0v) is 15.2. The van der Waals surface area contributed by atoms with Gasteiger partial charge in [-0.3, -0.25) is 0 Å². The van der Waals surface area contributed by atoms with Crippen molar-refractivity contribution in [1.82, 2.24) is 14.9 Å². The fourth-order valence-electron chi connectivity index (χ4n) is 3.26. The Bertz CT molecular complexity index is 980. The van der Waals surface area contributed by atoms with Gasteiger partial charge in [0.1, 0.15) is 6.61 Å². The molecule has 0 aliphatic heterocycles. The first-order valence-corrected chi connectivity index (χ1v) is 9.25. The van der Waals surface area contributed by atoms with Crippen molar-refractivity contribution in [3.05, 3.63) is 96.3 Å². The molecule has 0 amide bonds. The van der Waals surface area contributed by atoms with E-state index in [0.717, 1.165) is 19.6 Å². The molecule has 0 bridgehead atoms. The molecule has 0 aliphatic carbocycles. The van der Waals surface area contributed by atoms with E-state index in [2.05, 4.69) is 75.7 Å². The molecular weight excluding hydrogens is 334 g/mol. The van der Waals surface area contributed by atoms with Crippen molar-refractivity contribution in [3.8, 4) is 5.88 Å². The summed E-state index contributed by atoms with van der Waals surface area (Å²) in [6, 6.07) is 24.8. The van der Waals surface area contributed by atoms with E-state index < -0.39 is 0 Å². The summed E-state index contributed by atoms with van der Waals surface area (Å²) in [4.78, 5) is 4.17. The molecular formula is C23H23N3O. The van der Waals surface area contributed by atoms with E-state index in [-0.39, 0.29) is 0 Å². The van der Waals surface area contributed by atoms with Crippen molar-refractivity contribution >= 4 is 10.9 Å². The van der Waals surface area contributed by atoms with Crippen LogP contribution in [-0.2, 0) is 13.1 Å². The summed E-state index contributed by atoms with van der Waals surface area (Å²) in [6.07, 6.45) is 3.99. The fourth-order valence-corrected chi connectivity index (χ4v) is 3.26. The van der Waals surface area contributed by atoms with Crippen LogP contribution >= 0.6 is 0 Å². The molecule has 4 nitrogen and oxygen atoms in total. The number of hydrogen-bond acceptors (Lipinski definition) is 3. The molecule has 0 unspecified atom stereocenters. The number of aromatic nitrogens is 2. The van der Waals surface area contributed by atoms with Crippen LogP contribution in [0, 0.1) is 0 Å². The Morgan fingerprint density at radius 2 is 1.70 bits per heavy atom. The Kier molecular flexibility index (Phi) is 5.46. The van der Waals surface area contributed by atoms with Gasteiger partial charge < -0.3 is 14.6 Å². The predicted molar refractivity (Wildman–Crippen MR) is 109 cm³/mol. The van der Waals surface area contributed by atoms with Crippen LogP contribution in [0.25, 0.3) is 10.9 Å². The monoisotopic (exact) mass is 357 g/mol. The van der Waals surface area contributed by atoms with Crippen LogP contribution in [-0.4, -0.2) is 22.7 Å². The van der Waals surface area contributed by atoms with Gasteiger partial charge in [-0.25, -0.2) is 4.98 Å². The molecule has 0 aliphatic rings. The highest BCUT2D eigenvalue weighted by molar-refractivity contribution is 5.84. The maximum atomic E-state index is 5.64. The maximum absolute atomic E-state index is 5.64. The third-order valence-corrected chi connectivity index (χ3v) is 4.55. The molecule has 0 atom stereocenters. The van der Waals surface area contributed by atoms with Gasteiger partial charge in [-0.2, -0.15) is 0 Å². The van der Waals surface area contributed by atoms with Crippen LogP contribution in [0.2, 0.25) is 0 Å². The van der Waals surface area contributed by atoms with Gasteiger partial charge in [-0.1, -0.05) is 54.6 Å². The molecule has 2 aromatic carbocycles. The van der Waals surface area contributed by atoms with Gasteiger partial charge in [-0.15, -0.1) is 0 Å². The smallest absolute Gasteiger partial charge is 0.213 e. The average Bonchev–Trinajstić information content (AvgIpc) is 3.07. The summed E-state index contributed by atoms with van der Waals surface area (Å²) < 4.78 is 7.96. The number of para-hydroxylation sites is 1. The van der Waals surface area contributed by atoms with Crippen LogP contribution in [0.3, 0.4) is 0 Å². The summed E-state index contributed by atoms with van der Waals surface area (Å²) in [6.45, 7) is 3.06. The minimum absolute atomic E-state index is 0.597. The average molecular weight is 357 g/mol. The maximum Gasteiger partial charge on any atom is 0.213 e. The van der Waals surface area contributed by atoms with Gasteiger partial charge in [0.05, 0.1) is 0 Å². The number of nitrogens with one attached hydrogen (secondary N) is 1. The lowest BCUT2D eigenvalue weighted by Crippen LogP contribution is -2.20. The molecule has 2 aromatic heterocycles. The van der Waals surface area contributed by atoms with E-state index in [9.17, 15) is 0 Å². The number of fused-ring (bicyclic) bond motifs is 1. The van der Waals surface area contributed by atoms with Crippen molar-refractivity contribution in [2.24, 2.45) is 0 Å². The number of hydrogen-bond donors (Lipinski definition) is 1. The van der Waals surface area contributed by atoms with Crippen molar-refractivity contribution in [1.29, 1.82) is 0 Å². The molecule has 136 valence electrons. The summed E-state index contributed by atoms with van der Waals surface area (Å²) >= 11 is 0. The third kappa shape index (κ3) is 4.36. The molecule has 0 saturated carbocycles. The molecule has 4 aromatic rings. The highest BCUT2D eigenvalue weighted by Crippen LogP contribution is 2.22. The largest absolute Gasteiger partial charge is 0.476 e. The van der Waals surface area contributed by atoms with E-state index in [1.54, 1.807) is 6.20 Å². The lowest BCUT2D eigenvalue weighted by Gasteiger charge is -2.06. The topological polar surface area (TPSA) is 39.1 Å². The van der Waals surface area contributed by atoms with Gasteiger partial charge in [0.2, 0.25) is 5.88 Å². The number of ether oxygens (including phenoxy) is 1. The lowest BCUT2D eigenvalue weighted by atomic mass is 10.2. The molecule has 27 heavy (non-hydrogen) atoms. The highest BCUT2D eigenvalue weighted by atomic mass is 16.5. The second kappa shape index (κ2) is 8.52. The predicted octanol–water partition coefficient (Wildman–Crippen LogP) is 4.25. The second-order valence-corrected chi connectivity index (χ2v) is 6.48. The number of nitrogens with zero attached hydrogens (tertiary/aromatic N) is 2. The van der Waals surface area contributed by atoms with Crippen LogP contribution in [0.15, 0.2) is 85.2 Å². The second-order valence-electron chi connectivity index (χ2n) is 6.48. The van der Waals surface area contributed by atoms with Crippen molar-refractivity contribution in [2.45, 2.75) is 13.1 Å². The first-order chi connectivity index (χ1) is 13.4. The fraction of sp³-hybridized carbons (Fsp3) is 0.174. The summed E-state index contributed by atoms with van der Waals surface area (Å²) in [7, 11) is 0. The summed E-state index contributed by atoms with van der Waals surface area (Å²) in [5.41, 5.74) is 3.88. The SMILES string of the molecule is c1ccc(Cn2cc(CNCCOc3ccccn3)c3ccccc32)cc1. The van der Waals surface area contributed by atoms with Crippen LogP contribution in [0.4, 0.5) is 0 Å². The van der Waals surface area contributed by atoms with E-state index in [4.69, 9.17) is 4.74 Å². The minimum atomic E-state index is 0.597. The van der Waals surface area contributed by atoms with Gasteiger partial charge >= 0.3 is 0 Å². The molecule has 0 saturated heterocycles. The van der Waals surface area contributed by atoms with Crippen LogP contribution in [0.1, 0.15) is 11.1 Å². The Morgan fingerprint density at radius 3 is 2.56 bits per heavy atom. The van der Waals surface area contributed by atoms with Crippen LogP contribution < -0.4 is 10.1 Å². The summed E-state index contributed by atoms with van der Waals surface area (Å²) in [5.74, 6) is 0.666. The zero-order chi connectivity index (χ0) is 18.3. The van der Waals surface area contributed by atoms with E-state index in [1.165, 1.54) is 22.0 Å². The van der Waals surface area contributed by atoms with Crippen molar-refractivity contribution in [3.63, 3.8) is 0 Å². The molecule has 4 rings (SSSR count). The van der Waals surface area contributed by atoms with Crippen LogP contribution in [0.5, 0.6) is 5.88 Å². The van der Waals surface area contributed by atoms with E-state index in [0.29, 0.717) is 12.5 Å². The number of benzene rings is 2. The van der Waals surface area contributed by atoms with Gasteiger partial charge in [0.25, 0.3) is 0 Å². The van der Waals surface area contributed by atoms with E-state index >= 15 is 0 Å². The molecule has 0 radical (unpaired) electrons. The van der Waals surface area contributed by atoms with Gasteiger partial charge in [-0.05, 0) is 23.3 Å². The molecule has 1 N–H and O–H groups in total. The minimum Gasteiger partial charge on any atom is -0.476 e. The molecule has 0 spiro atoms. The Morgan fingerprint density at radius 1 is 0.889 bits per heavy atom. The quantitative estimate of drug-likeness (QED) is 0.479. The van der Waals surface area contributed by atoms with Crippen molar-refractivity contribution < 1.29 is 4.74 Å². The highest BCUT2D eigenvalue weighted by Gasteiger charge is 2.08. The third-order valence-electron chi connectivity index (χ3n) is 4.55.